The summed E-state index contributed by atoms with van der Waals surface area (Å²) < 4.78 is 11.1. The van der Waals surface area contributed by atoms with E-state index in [2.05, 4.69) is 6.58 Å². The summed E-state index contributed by atoms with van der Waals surface area (Å²) in [5.74, 6) is -2.31. The molecular weight excluding hydrogens is 456 g/mol. The number of aliphatic hydroxyl groups excluding tert-OH is 5. The average molecular weight is 495 g/mol. The van der Waals surface area contributed by atoms with Crippen LogP contribution in [0.25, 0.3) is 0 Å². The largest absolute Gasteiger partial charge is 0.432 e. The fraction of sp³-hybridized carbons (Fsp3) is 0.769. The first kappa shape index (κ1) is 26.4. The van der Waals surface area contributed by atoms with E-state index in [1.807, 2.05) is 26.8 Å². The third kappa shape index (κ3) is 4.01. The molecule has 1 aliphatic heterocycles. The Morgan fingerprint density at radius 1 is 1.14 bits per heavy atom. The van der Waals surface area contributed by atoms with E-state index in [0.29, 0.717) is 37.7 Å². The monoisotopic (exact) mass is 494 g/mol. The number of ketones is 1. The zero-order chi connectivity index (χ0) is 25.9. The third-order valence-corrected chi connectivity index (χ3v) is 9.05. The molecule has 0 aromatic carbocycles. The molecule has 0 radical (unpaired) electrons. The number of aliphatic hydroxyl groups is 5. The number of esters is 1. The van der Waals surface area contributed by atoms with Gasteiger partial charge in [0.25, 0.3) is 0 Å². The van der Waals surface area contributed by atoms with Crippen LogP contribution in [0.2, 0.25) is 0 Å². The lowest BCUT2D eigenvalue weighted by atomic mass is 9.43. The maximum atomic E-state index is 14.1. The lowest BCUT2D eigenvalue weighted by Crippen LogP contribution is -2.66. The number of carbonyl (C=O) groups excluding carboxylic acids is 2. The van der Waals surface area contributed by atoms with E-state index in [9.17, 15) is 35.1 Å². The smallest absolute Gasteiger partial charge is 0.315 e. The molecule has 1 heterocycles. The van der Waals surface area contributed by atoms with Crippen LogP contribution in [0.1, 0.15) is 52.9 Å². The molecule has 4 rings (SSSR count). The van der Waals surface area contributed by atoms with Gasteiger partial charge < -0.3 is 35.0 Å². The minimum Gasteiger partial charge on any atom is -0.432 e. The van der Waals surface area contributed by atoms with Gasteiger partial charge in [-0.05, 0) is 36.7 Å². The average Bonchev–Trinajstić information content (AvgIpc) is 2.82. The standard InChI is InChI=1S/C26H38O9/c1-5-25(4)10-7-14-13(11-25)16(28)19(31)21-24(2,3)8-6-9-26(14,21)23(33)35-22-20(32)18(30)17(29)15(12-27)34-22/h5,11,14-15,17-22,27,29-32H,1,6-10,12H2,2-4H3/t14-,15+,17+,18-,19+,20+,21-,22-,25-,26-/m0/s1. The van der Waals surface area contributed by atoms with Gasteiger partial charge in [-0.2, -0.15) is 0 Å². The van der Waals surface area contributed by atoms with Crippen molar-refractivity contribution in [2.75, 3.05) is 6.61 Å². The Labute approximate surface area is 205 Å². The lowest BCUT2D eigenvalue weighted by Gasteiger charge is -2.59. The number of hydrogen-bond donors (Lipinski definition) is 5. The van der Waals surface area contributed by atoms with Crippen LogP contribution in [0.15, 0.2) is 24.3 Å². The Hall–Kier alpha value is -1.62. The van der Waals surface area contributed by atoms with Crippen LogP contribution in [-0.2, 0) is 19.1 Å². The van der Waals surface area contributed by atoms with E-state index in [0.717, 1.165) is 0 Å². The first-order chi connectivity index (χ1) is 16.3. The molecule has 2 saturated carbocycles. The molecule has 9 nitrogen and oxygen atoms in total. The van der Waals surface area contributed by atoms with Crippen LogP contribution in [-0.4, -0.2) is 80.7 Å². The number of hydrogen-bond acceptors (Lipinski definition) is 9. The molecule has 3 fully saturated rings. The van der Waals surface area contributed by atoms with Crippen molar-refractivity contribution in [2.45, 2.75) is 89.7 Å². The van der Waals surface area contributed by atoms with E-state index in [1.54, 1.807) is 6.08 Å². The van der Waals surface area contributed by atoms with Crippen molar-refractivity contribution >= 4 is 11.8 Å². The van der Waals surface area contributed by atoms with Gasteiger partial charge in [0, 0.05) is 17.3 Å². The minimum atomic E-state index is -1.73. The van der Waals surface area contributed by atoms with Crippen molar-refractivity contribution in [2.24, 2.45) is 28.1 Å². The molecule has 0 unspecified atom stereocenters. The van der Waals surface area contributed by atoms with Crippen molar-refractivity contribution in [1.82, 2.24) is 0 Å². The highest BCUT2D eigenvalue weighted by Crippen LogP contribution is 2.64. The summed E-state index contributed by atoms with van der Waals surface area (Å²) in [4.78, 5) is 27.5. The summed E-state index contributed by atoms with van der Waals surface area (Å²) in [6.45, 7) is 9.08. The highest BCUT2D eigenvalue weighted by Gasteiger charge is 2.67. The first-order valence-electron chi connectivity index (χ1n) is 12.4. The second-order valence-electron chi connectivity index (χ2n) is 11.7. The van der Waals surface area contributed by atoms with E-state index < -0.39 is 77.5 Å². The van der Waals surface area contributed by atoms with Crippen LogP contribution in [0, 0.1) is 28.1 Å². The molecule has 10 atom stereocenters. The number of rotatable bonds is 4. The summed E-state index contributed by atoms with van der Waals surface area (Å²) >= 11 is 0. The van der Waals surface area contributed by atoms with E-state index in [4.69, 9.17) is 9.47 Å². The molecule has 0 aromatic rings. The van der Waals surface area contributed by atoms with Gasteiger partial charge in [-0.15, -0.1) is 6.58 Å². The number of carbonyl (C=O) groups is 2. The van der Waals surface area contributed by atoms with Gasteiger partial charge in [0.2, 0.25) is 6.29 Å². The summed E-state index contributed by atoms with van der Waals surface area (Å²) in [6.07, 6.45) is -2.70. The van der Waals surface area contributed by atoms with Crippen molar-refractivity contribution in [3.63, 3.8) is 0 Å². The summed E-state index contributed by atoms with van der Waals surface area (Å²) in [6, 6.07) is 0. The molecule has 0 spiro atoms. The number of fused-ring (bicyclic) bond motifs is 3. The zero-order valence-corrected chi connectivity index (χ0v) is 20.6. The van der Waals surface area contributed by atoms with Crippen molar-refractivity contribution in [1.29, 1.82) is 0 Å². The van der Waals surface area contributed by atoms with Crippen LogP contribution < -0.4 is 0 Å². The molecular formula is C26H38O9. The Kier molecular flexibility index (Phi) is 6.83. The summed E-state index contributed by atoms with van der Waals surface area (Å²) in [5.41, 5.74) is -1.83. The molecule has 196 valence electrons. The van der Waals surface area contributed by atoms with Gasteiger partial charge in [-0.25, -0.2) is 0 Å². The van der Waals surface area contributed by atoms with Gasteiger partial charge in [-0.3, -0.25) is 9.59 Å². The summed E-state index contributed by atoms with van der Waals surface area (Å²) in [7, 11) is 0. The molecule has 1 saturated heterocycles. The normalized spacial score (nSPS) is 47.2. The quantitative estimate of drug-likeness (QED) is 0.279. The molecule has 0 amide bonds. The fourth-order valence-electron chi connectivity index (χ4n) is 7.10. The third-order valence-electron chi connectivity index (χ3n) is 9.05. The van der Waals surface area contributed by atoms with Crippen molar-refractivity contribution in [3.05, 3.63) is 24.3 Å². The summed E-state index contributed by atoms with van der Waals surface area (Å²) in [5, 5.41) is 51.5. The fourth-order valence-corrected chi connectivity index (χ4v) is 7.10. The van der Waals surface area contributed by atoms with Gasteiger partial charge in [0.05, 0.1) is 12.0 Å². The first-order valence-corrected chi connectivity index (χ1v) is 12.4. The molecule has 9 heteroatoms. The van der Waals surface area contributed by atoms with Crippen LogP contribution >= 0.6 is 0 Å². The molecule has 5 N–H and O–H groups in total. The highest BCUT2D eigenvalue weighted by molar-refractivity contribution is 6.03. The van der Waals surface area contributed by atoms with Crippen LogP contribution in [0.4, 0.5) is 0 Å². The van der Waals surface area contributed by atoms with E-state index in [1.165, 1.54) is 0 Å². The number of ether oxygens (including phenoxy) is 2. The lowest BCUT2D eigenvalue weighted by molar-refractivity contribution is -0.299. The van der Waals surface area contributed by atoms with Gasteiger partial charge in [0.1, 0.15) is 30.5 Å². The number of allylic oxidation sites excluding steroid dienone is 2. The van der Waals surface area contributed by atoms with Crippen molar-refractivity contribution in [3.8, 4) is 0 Å². The molecule has 0 aromatic heterocycles. The molecule has 35 heavy (non-hydrogen) atoms. The predicted octanol–water partition coefficient (Wildman–Crippen LogP) is 0.614. The molecule has 4 aliphatic rings. The minimum absolute atomic E-state index is 0.376. The topological polar surface area (TPSA) is 154 Å². The maximum Gasteiger partial charge on any atom is 0.315 e. The maximum absolute atomic E-state index is 14.1. The van der Waals surface area contributed by atoms with Crippen LogP contribution in [0.3, 0.4) is 0 Å². The zero-order valence-electron chi connectivity index (χ0n) is 20.6. The van der Waals surface area contributed by atoms with Crippen molar-refractivity contribution < 1.29 is 44.6 Å². The Bertz CT molecular complexity index is 910. The van der Waals surface area contributed by atoms with E-state index >= 15 is 0 Å². The second kappa shape index (κ2) is 9.04. The van der Waals surface area contributed by atoms with Gasteiger partial charge >= 0.3 is 5.97 Å². The Morgan fingerprint density at radius 2 is 1.83 bits per heavy atom. The van der Waals surface area contributed by atoms with Gasteiger partial charge in [0.15, 0.2) is 5.78 Å². The van der Waals surface area contributed by atoms with Gasteiger partial charge in [-0.1, -0.05) is 39.3 Å². The Balaban J connectivity index is 1.77. The molecule has 3 aliphatic carbocycles. The Morgan fingerprint density at radius 3 is 2.46 bits per heavy atom. The second-order valence-corrected chi connectivity index (χ2v) is 11.7. The number of Topliss-reactive ketones (excluding diaryl/α,β-unsaturated/α-hetero) is 1. The highest BCUT2D eigenvalue weighted by atomic mass is 16.7. The predicted molar refractivity (Wildman–Crippen MR) is 124 cm³/mol. The SMILES string of the molecule is C=C[C@]1(C)C=C2C(=O)[C@@H](O)[C@H]3C(C)(C)CCC[C@]3(C(=O)O[C@@H]3O[C@H](CO)[C@@H](O)[C@H](O)[C@H]3O)[C@H]2CC1. The van der Waals surface area contributed by atoms with Crippen LogP contribution in [0.5, 0.6) is 0 Å². The van der Waals surface area contributed by atoms with E-state index in [-0.39, 0.29) is 5.78 Å². The molecule has 0 bridgehead atoms.